The standard InChI is InChI=1S/C24H31ClN4O4S/c1-3-9-30-11-13-32-20-17-18(24(28)29-23(17)27)21(33-14-12-31-10-4-2)22(19(20)25)34-16-8-6-5-7-15(16)26/h5-8H,3-4,9-14,26H2,1-2H3,(H3,27,28,29). The molecule has 0 spiro atoms. The highest BCUT2D eigenvalue weighted by Crippen LogP contribution is 2.51. The number of nitrogens with zero attached hydrogens (tertiary/aromatic N) is 1. The van der Waals surface area contributed by atoms with Crippen molar-refractivity contribution in [2.45, 2.75) is 36.5 Å². The smallest absolute Gasteiger partial charge is 0.158 e. The van der Waals surface area contributed by atoms with Gasteiger partial charge < -0.3 is 30.4 Å². The highest BCUT2D eigenvalue weighted by Gasteiger charge is 2.34. The first-order valence-electron chi connectivity index (χ1n) is 11.3. The molecule has 0 aromatic heterocycles. The molecule has 0 aliphatic carbocycles. The molecule has 0 amide bonds. The van der Waals surface area contributed by atoms with Crippen LogP contribution >= 0.6 is 23.4 Å². The summed E-state index contributed by atoms with van der Waals surface area (Å²) in [6.45, 7) is 6.71. The molecular formula is C24H31ClN4O4S. The van der Waals surface area contributed by atoms with E-state index in [9.17, 15) is 0 Å². The van der Waals surface area contributed by atoms with Crippen molar-refractivity contribution in [1.29, 1.82) is 5.41 Å². The lowest BCUT2D eigenvalue weighted by Crippen LogP contribution is -2.17. The van der Waals surface area contributed by atoms with Gasteiger partial charge in [0.1, 0.15) is 29.8 Å². The quantitative estimate of drug-likeness (QED) is 0.250. The lowest BCUT2D eigenvalue weighted by atomic mass is 10.1. The van der Waals surface area contributed by atoms with Gasteiger partial charge in [0.25, 0.3) is 0 Å². The summed E-state index contributed by atoms with van der Waals surface area (Å²) in [5, 5.41) is 8.70. The van der Waals surface area contributed by atoms with Crippen molar-refractivity contribution in [3.63, 3.8) is 0 Å². The van der Waals surface area contributed by atoms with Crippen molar-refractivity contribution in [2.24, 2.45) is 10.7 Å². The van der Waals surface area contributed by atoms with Gasteiger partial charge in [-0.15, -0.1) is 0 Å². The molecule has 1 heterocycles. The number of ether oxygens (including phenoxy) is 4. The zero-order valence-electron chi connectivity index (χ0n) is 19.5. The summed E-state index contributed by atoms with van der Waals surface area (Å²) < 4.78 is 23.2. The van der Waals surface area contributed by atoms with Crippen molar-refractivity contribution in [2.75, 3.05) is 45.4 Å². The minimum Gasteiger partial charge on any atom is -0.489 e. The van der Waals surface area contributed by atoms with Crippen molar-refractivity contribution >= 4 is 40.7 Å². The number of hydrogen-bond acceptors (Lipinski definition) is 8. The van der Waals surface area contributed by atoms with Gasteiger partial charge in [-0.3, -0.25) is 5.41 Å². The van der Waals surface area contributed by atoms with Gasteiger partial charge in [-0.05, 0) is 25.0 Å². The second-order valence-electron chi connectivity index (χ2n) is 7.46. The first-order valence-corrected chi connectivity index (χ1v) is 12.4. The van der Waals surface area contributed by atoms with Gasteiger partial charge in [-0.25, -0.2) is 4.99 Å². The zero-order valence-corrected chi connectivity index (χ0v) is 21.1. The fraction of sp³-hybridized carbons (Fsp3) is 0.417. The van der Waals surface area contributed by atoms with E-state index in [0.29, 0.717) is 64.7 Å². The minimum atomic E-state index is -0.0262. The van der Waals surface area contributed by atoms with Gasteiger partial charge in [0.2, 0.25) is 0 Å². The van der Waals surface area contributed by atoms with Crippen LogP contribution in [0.15, 0.2) is 39.0 Å². The SMILES string of the molecule is CCCOCCOc1c(Cl)c(Sc2ccccc2N)c(OCCOCCC)c2c1C(=N)N=C2N. The third kappa shape index (κ3) is 6.15. The van der Waals surface area contributed by atoms with E-state index in [1.54, 1.807) is 0 Å². The molecule has 0 radical (unpaired) electrons. The summed E-state index contributed by atoms with van der Waals surface area (Å²) >= 11 is 8.24. The van der Waals surface area contributed by atoms with Crippen LogP contribution in [-0.4, -0.2) is 51.3 Å². The Morgan fingerprint density at radius 1 is 0.882 bits per heavy atom. The zero-order chi connectivity index (χ0) is 24.5. The van der Waals surface area contributed by atoms with E-state index in [1.165, 1.54) is 11.8 Å². The Bertz CT molecular complexity index is 1050. The van der Waals surface area contributed by atoms with Crippen LogP contribution in [0, 0.1) is 5.41 Å². The van der Waals surface area contributed by atoms with Crippen LogP contribution in [0.5, 0.6) is 11.5 Å². The van der Waals surface area contributed by atoms with E-state index in [0.717, 1.165) is 17.7 Å². The number of amidine groups is 2. The van der Waals surface area contributed by atoms with Crippen molar-refractivity contribution in [3.8, 4) is 11.5 Å². The van der Waals surface area contributed by atoms with Gasteiger partial charge >= 0.3 is 0 Å². The average Bonchev–Trinajstić information content (AvgIpc) is 3.11. The Balaban J connectivity index is 2.03. The van der Waals surface area contributed by atoms with Gasteiger partial charge in [-0.2, -0.15) is 0 Å². The molecule has 0 saturated heterocycles. The predicted molar refractivity (Wildman–Crippen MR) is 137 cm³/mol. The number of halogens is 1. The molecule has 2 aromatic rings. The Kier molecular flexibility index (Phi) is 9.88. The summed E-state index contributed by atoms with van der Waals surface area (Å²) in [6, 6.07) is 7.48. The van der Waals surface area contributed by atoms with Gasteiger partial charge in [-0.1, -0.05) is 49.3 Å². The fourth-order valence-electron chi connectivity index (χ4n) is 3.30. The number of rotatable bonds is 14. The van der Waals surface area contributed by atoms with Crippen molar-refractivity contribution < 1.29 is 18.9 Å². The van der Waals surface area contributed by atoms with Crippen LogP contribution in [0.3, 0.4) is 0 Å². The molecule has 0 unspecified atom stereocenters. The van der Waals surface area contributed by atoms with E-state index in [4.69, 9.17) is 47.4 Å². The number of benzene rings is 2. The summed E-state index contributed by atoms with van der Waals surface area (Å²) in [5.74, 6) is 0.918. The first kappa shape index (κ1) is 26.2. The number of hydrogen-bond donors (Lipinski definition) is 3. The third-order valence-electron chi connectivity index (χ3n) is 4.81. The number of aliphatic imine (C=N–C) groups is 1. The molecule has 0 saturated carbocycles. The van der Waals surface area contributed by atoms with Crippen LogP contribution in [0.25, 0.3) is 0 Å². The summed E-state index contributed by atoms with van der Waals surface area (Å²) in [4.78, 5) is 5.56. The molecule has 1 aliphatic rings. The van der Waals surface area contributed by atoms with E-state index in [2.05, 4.69) is 4.99 Å². The summed E-state index contributed by atoms with van der Waals surface area (Å²) in [6.07, 6.45) is 1.83. The van der Waals surface area contributed by atoms with E-state index in [-0.39, 0.29) is 24.9 Å². The number of nitrogen functional groups attached to an aromatic ring is 1. The second-order valence-corrected chi connectivity index (χ2v) is 8.89. The lowest BCUT2D eigenvalue weighted by Gasteiger charge is -2.21. The van der Waals surface area contributed by atoms with Crippen molar-refractivity contribution in [3.05, 3.63) is 40.4 Å². The van der Waals surface area contributed by atoms with Crippen LogP contribution in [-0.2, 0) is 9.47 Å². The molecule has 184 valence electrons. The molecule has 1 aliphatic heterocycles. The van der Waals surface area contributed by atoms with E-state index in [1.807, 2.05) is 38.1 Å². The third-order valence-corrected chi connectivity index (χ3v) is 6.47. The maximum Gasteiger partial charge on any atom is 0.158 e. The van der Waals surface area contributed by atoms with Crippen LogP contribution < -0.4 is 20.9 Å². The molecule has 3 rings (SSSR count). The molecule has 2 aromatic carbocycles. The lowest BCUT2D eigenvalue weighted by molar-refractivity contribution is 0.0984. The molecule has 0 fully saturated rings. The molecular weight excluding hydrogens is 476 g/mol. The van der Waals surface area contributed by atoms with Gasteiger partial charge in [0, 0.05) is 23.8 Å². The highest BCUT2D eigenvalue weighted by molar-refractivity contribution is 7.99. The van der Waals surface area contributed by atoms with Crippen LogP contribution in [0.1, 0.15) is 37.8 Å². The Hall–Kier alpha value is -2.46. The van der Waals surface area contributed by atoms with Crippen molar-refractivity contribution in [1.82, 2.24) is 0 Å². The highest BCUT2D eigenvalue weighted by atomic mass is 35.5. The molecule has 5 N–H and O–H groups in total. The summed E-state index contributed by atoms with van der Waals surface area (Å²) in [5.41, 5.74) is 13.9. The Morgan fingerprint density at radius 2 is 1.50 bits per heavy atom. The van der Waals surface area contributed by atoms with Gasteiger partial charge in [0.05, 0.1) is 29.2 Å². The van der Waals surface area contributed by atoms with Gasteiger partial charge in [0.15, 0.2) is 11.6 Å². The van der Waals surface area contributed by atoms with E-state index < -0.39 is 0 Å². The molecule has 10 heteroatoms. The fourth-order valence-corrected chi connectivity index (χ4v) is 4.64. The van der Waals surface area contributed by atoms with Crippen LogP contribution in [0.4, 0.5) is 5.69 Å². The minimum absolute atomic E-state index is 0.0262. The Morgan fingerprint density at radius 3 is 2.12 bits per heavy atom. The normalized spacial score (nSPS) is 12.6. The number of fused-ring (bicyclic) bond motifs is 1. The summed E-state index contributed by atoms with van der Waals surface area (Å²) in [7, 11) is 0. The molecule has 0 bridgehead atoms. The molecule has 34 heavy (non-hydrogen) atoms. The van der Waals surface area contributed by atoms with Crippen LogP contribution in [0.2, 0.25) is 5.02 Å². The number of para-hydroxylation sites is 1. The largest absolute Gasteiger partial charge is 0.489 e. The number of anilines is 1. The topological polar surface area (TPSA) is 125 Å². The molecule has 8 nitrogen and oxygen atoms in total. The van der Waals surface area contributed by atoms with E-state index >= 15 is 0 Å². The monoisotopic (exact) mass is 506 g/mol. The molecule has 0 atom stereocenters. The number of nitrogens with two attached hydrogens (primary N) is 2. The second kappa shape index (κ2) is 12.9. The Labute approximate surface area is 209 Å². The average molecular weight is 507 g/mol. The maximum atomic E-state index is 8.39. The maximum absolute atomic E-state index is 8.39. The predicted octanol–water partition coefficient (Wildman–Crippen LogP) is 4.73. The first-order chi connectivity index (χ1) is 16.5. The number of nitrogens with one attached hydrogen (secondary N) is 1.